The van der Waals surface area contributed by atoms with Gasteiger partial charge in [-0.2, -0.15) is 0 Å². The number of aliphatic hydroxyl groups is 9. The molecule has 0 aliphatic carbocycles. The van der Waals surface area contributed by atoms with Crippen molar-refractivity contribution in [2.24, 2.45) is 0 Å². The van der Waals surface area contributed by atoms with Crippen LogP contribution in [0.5, 0.6) is 0 Å². The minimum Gasteiger partial charge on any atom is -0.477 e. The minimum atomic E-state index is -3.07. The van der Waals surface area contributed by atoms with Crippen LogP contribution in [-0.2, 0) is 47.6 Å². The largest absolute Gasteiger partial charge is 0.477 e. The number of carboxylic acid groups (broad SMARTS) is 1. The highest BCUT2D eigenvalue weighted by molar-refractivity contribution is 5.76. The summed E-state index contributed by atoms with van der Waals surface area (Å²) in [6, 6.07) is -3.10. The van der Waals surface area contributed by atoms with Gasteiger partial charge in [0, 0.05) is 27.2 Å². The second-order valence-electron chi connectivity index (χ2n) is 11.9. The summed E-state index contributed by atoms with van der Waals surface area (Å²) in [5, 5.41) is 110. The van der Waals surface area contributed by atoms with E-state index in [-0.39, 0.29) is 0 Å². The highest BCUT2D eigenvalue weighted by Crippen LogP contribution is 2.38. The molecule has 0 spiro atoms. The first-order valence-electron chi connectivity index (χ1n) is 15.1. The first-order valence-corrected chi connectivity index (χ1v) is 15.1. The molecule has 0 aromatic rings. The van der Waals surface area contributed by atoms with Gasteiger partial charge in [0.2, 0.25) is 11.8 Å². The lowest BCUT2D eigenvalue weighted by atomic mass is 9.88. The molecule has 0 bridgehead atoms. The Morgan fingerprint density at radius 3 is 1.96 bits per heavy atom. The van der Waals surface area contributed by atoms with Crippen molar-refractivity contribution in [3.63, 3.8) is 0 Å². The number of amides is 2. The minimum absolute atomic E-state index is 0.699. The zero-order valence-corrected chi connectivity index (χ0v) is 26.5. The monoisotopic (exact) mass is 716 g/mol. The molecule has 1 unspecified atom stereocenters. The number of rotatable bonds is 13. The lowest BCUT2D eigenvalue weighted by Crippen LogP contribution is -2.71. The van der Waals surface area contributed by atoms with E-state index < -0.39 is 148 Å². The molecule has 49 heavy (non-hydrogen) atoms. The molecule has 3 fully saturated rings. The summed E-state index contributed by atoms with van der Waals surface area (Å²) in [6.07, 6.45) is -26.0. The molecule has 3 aliphatic heterocycles. The van der Waals surface area contributed by atoms with Crippen molar-refractivity contribution in [3.05, 3.63) is 0 Å². The Labute approximate surface area is 278 Å². The molecule has 2 amide bonds. The number of hydrogen-bond acceptors (Lipinski definition) is 19. The van der Waals surface area contributed by atoms with Crippen LogP contribution in [-0.4, -0.2) is 192 Å². The molecule has 12 N–H and O–H groups in total. The van der Waals surface area contributed by atoms with Gasteiger partial charge in [-0.25, -0.2) is 4.79 Å². The predicted molar refractivity (Wildman–Crippen MR) is 151 cm³/mol. The van der Waals surface area contributed by atoms with Gasteiger partial charge in [0.05, 0.1) is 25.4 Å². The van der Waals surface area contributed by atoms with Gasteiger partial charge in [-0.3, -0.25) is 14.4 Å². The molecule has 22 heteroatoms. The topological polar surface area (TPSA) is 350 Å². The Morgan fingerprint density at radius 2 is 1.43 bits per heavy atom. The molecule has 0 aromatic carbocycles. The summed E-state index contributed by atoms with van der Waals surface area (Å²) in [6.45, 7) is 0.408. The smallest absolute Gasteiger partial charge is 0.364 e. The van der Waals surface area contributed by atoms with Gasteiger partial charge in [0.15, 0.2) is 12.6 Å². The molecule has 3 heterocycles. The SMILES string of the molecule is CC(=O)N[C@H]1[C@H]([C@H](O)[C@H](O)COC(C)=O)O[C@@](O[C@H]2[C@@H](O)[C@@H](CO)O[C@@H](O[C@H]3[C@H](O)[C@@H](NC(C)=O)C(O)O[C@@H]3CO)[C@@H]2O)(C(=O)O)C[C@@H]1O. The number of hydrogen-bond donors (Lipinski definition) is 12. The highest BCUT2D eigenvalue weighted by atomic mass is 16.8. The Bertz CT molecular complexity index is 1160. The van der Waals surface area contributed by atoms with Crippen LogP contribution in [0.2, 0.25) is 0 Å². The van der Waals surface area contributed by atoms with Crippen molar-refractivity contribution in [2.75, 3.05) is 19.8 Å². The van der Waals surface area contributed by atoms with Crippen molar-refractivity contribution in [1.82, 2.24) is 10.6 Å². The van der Waals surface area contributed by atoms with Crippen molar-refractivity contribution < 1.29 is 98.7 Å². The van der Waals surface area contributed by atoms with Crippen molar-refractivity contribution in [1.29, 1.82) is 0 Å². The number of carboxylic acids is 1. The van der Waals surface area contributed by atoms with Crippen LogP contribution in [0.1, 0.15) is 27.2 Å². The first-order chi connectivity index (χ1) is 22.9. The predicted octanol–water partition coefficient (Wildman–Crippen LogP) is -7.51. The maximum absolute atomic E-state index is 12.7. The summed E-state index contributed by atoms with van der Waals surface area (Å²) in [4.78, 5) is 47.5. The van der Waals surface area contributed by atoms with Crippen LogP contribution < -0.4 is 10.6 Å². The number of esters is 1. The maximum Gasteiger partial charge on any atom is 0.364 e. The molecule has 16 atom stereocenters. The summed E-state index contributed by atoms with van der Waals surface area (Å²) in [7, 11) is 0. The molecule has 3 saturated heterocycles. The van der Waals surface area contributed by atoms with Crippen molar-refractivity contribution in [3.8, 4) is 0 Å². The number of nitrogens with one attached hydrogen (secondary N) is 2. The number of ether oxygens (including phenoxy) is 6. The fourth-order valence-corrected chi connectivity index (χ4v) is 5.76. The Kier molecular flexibility index (Phi) is 14.2. The molecule has 3 rings (SSSR count). The van der Waals surface area contributed by atoms with Gasteiger partial charge in [-0.15, -0.1) is 0 Å². The van der Waals surface area contributed by atoms with E-state index in [4.69, 9.17) is 23.7 Å². The summed E-state index contributed by atoms with van der Waals surface area (Å²) >= 11 is 0. The van der Waals surface area contributed by atoms with E-state index in [2.05, 4.69) is 15.4 Å². The van der Waals surface area contributed by atoms with Crippen LogP contribution >= 0.6 is 0 Å². The number of carbonyl (C=O) groups excluding carboxylic acids is 3. The molecule has 0 aromatic heterocycles. The zero-order valence-electron chi connectivity index (χ0n) is 26.5. The third-order valence-corrected chi connectivity index (χ3v) is 8.14. The van der Waals surface area contributed by atoms with Crippen LogP contribution in [0.4, 0.5) is 0 Å². The van der Waals surface area contributed by atoms with Gasteiger partial charge < -0.3 is 90.1 Å². The van der Waals surface area contributed by atoms with Crippen LogP contribution in [0.3, 0.4) is 0 Å². The number of carbonyl (C=O) groups is 4. The molecule has 22 nitrogen and oxygen atoms in total. The molecule has 0 saturated carbocycles. The summed E-state index contributed by atoms with van der Waals surface area (Å²) in [5.41, 5.74) is 0. The summed E-state index contributed by atoms with van der Waals surface area (Å²) < 4.78 is 32.2. The van der Waals surface area contributed by atoms with Gasteiger partial charge in [0.1, 0.15) is 73.7 Å². The van der Waals surface area contributed by atoms with E-state index in [1.807, 2.05) is 0 Å². The molecule has 3 aliphatic rings. The van der Waals surface area contributed by atoms with E-state index in [0.29, 0.717) is 0 Å². The fourth-order valence-electron chi connectivity index (χ4n) is 5.76. The Balaban J connectivity index is 1.96. The van der Waals surface area contributed by atoms with E-state index in [9.17, 15) is 70.2 Å². The third-order valence-electron chi connectivity index (χ3n) is 8.14. The van der Waals surface area contributed by atoms with Crippen molar-refractivity contribution >= 4 is 23.8 Å². The first kappa shape index (κ1) is 40.7. The summed E-state index contributed by atoms with van der Waals surface area (Å²) in [5.74, 6) is -7.39. The van der Waals surface area contributed by atoms with E-state index >= 15 is 0 Å². The Morgan fingerprint density at radius 1 is 0.837 bits per heavy atom. The fraction of sp³-hybridized carbons (Fsp3) is 0.852. The van der Waals surface area contributed by atoms with Crippen LogP contribution in [0.15, 0.2) is 0 Å². The van der Waals surface area contributed by atoms with Crippen LogP contribution in [0.25, 0.3) is 0 Å². The molecule has 282 valence electrons. The molecule has 0 radical (unpaired) electrons. The van der Waals surface area contributed by atoms with E-state index in [1.165, 1.54) is 0 Å². The van der Waals surface area contributed by atoms with Gasteiger partial charge in [-0.05, 0) is 0 Å². The third kappa shape index (κ3) is 9.36. The average Bonchev–Trinajstić information content (AvgIpc) is 3.02. The maximum atomic E-state index is 12.7. The molecular formula is C27H44N2O20. The molecular weight excluding hydrogens is 672 g/mol. The standard InChI is InChI=1S/C27H44N2O20/c1-8(32)28-15-11(35)4-27(26(42)43,48-22(15)17(37)12(36)7-44-10(3)34)49-23-18(38)13(5-30)46-25(20(23)40)47-21-14(6-31)45-24(41)16(19(21)39)29-9(2)33/h11-25,30-31,35-41H,4-7H2,1-3H3,(H,28,32)(H,29,33)(H,42,43)/t11-,12+,13+,14+,15+,16+,17+,18-,19+,20+,21+,22+,23-,24?,25-,27-/m0/s1. The van der Waals surface area contributed by atoms with Gasteiger partial charge in [-0.1, -0.05) is 0 Å². The quantitative estimate of drug-likeness (QED) is 0.0787. The average molecular weight is 717 g/mol. The number of aliphatic carboxylic acids is 1. The Hall–Kier alpha value is -2.68. The van der Waals surface area contributed by atoms with E-state index in [1.54, 1.807) is 0 Å². The number of aliphatic hydroxyl groups excluding tert-OH is 9. The highest BCUT2D eigenvalue weighted by Gasteiger charge is 2.60. The van der Waals surface area contributed by atoms with Gasteiger partial charge in [0.25, 0.3) is 5.79 Å². The van der Waals surface area contributed by atoms with Crippen LogP contribution in [0, 0.1) is 0 Å². The van der Waals surface area contributed by atoms with E-state index in [0.717, 1.165) is 20.8 Å². The lowest BCUT2D eigenvalue weighted by Gasteiger charge is -2.50. The lowest BCUT2D eigenvalue weighted by molar-refractivity contribution is -0.382. The second kappa shape index (κ2) is 17.0. The second-order valence-corrected chi connectivity index (χ2v) is 11.9. The zero-order chi connectivity index (χ0) is 37.0. The normalized spacial score (nSPS) is 40.9. The van der Waals surface area contributed by atoms with Gasteiger partial charge >= 0.3 is 11.9 Å². The van der Waals surface area contributed by atoms with Crippen molar-refractivity contribution in [2.45, 2.75) is 125 Å².